The number of amides is 1. The highest BCUT2D eigenvalue weighted by molar-refractivity contribution is 8.15. The summed E-state index contributed by atoms with van der Waals surface area (Å²) < 4.78 is 28.7. The van der Waals surface area contributed by atoms with Crippen molar-refractivity contribution in [1.82, 2.24) is 15.6 Å². The van der Waals surface area contributed by atoms with Crippen molar-refractivity contribution >= 4 is 28.7 Å². The molecule has 1 atom stereocenters. The molecular formula is C24H27F2N7OS. The molecule has 2 aromatic carbocycles. The number of hydrazone groups is 1. The number of nitrogens with one attached hydrogen (secondary N) is 2. The number of carbonyl (C=O) groups excluding carboxylic acids is 1. The number of hydrogen-bond donors (Lipinski definition) is 3. The molecule has 0 saturated carbocycles. The molecule has 1 heterocycles. The van der Waals surface area contributed by atoms with Gasteiger partial charge in [-0.1, -0.05) is 42.1 Å². The van der Waals surface area contributed by atoms with Crippen LogP contribution in [0.4, 0.5) is 8.78 Å². The Kier molecular flexibility index (Phi) is 9.17. The Bertz CT molecular complexity index is 1140. The summed E-state index contributed by atoms with van der Waals surface area (Å²) in [6.45, 7) is 0.792. The monoisotopic (exact) mass is 499 g/mol. The Morgan fingerprint density at radius 2 is 2.03 bits per heavy atom. The van der Waals surface area contributed by atoms with Crippen LogP contribution in [-0.2, 0) is 9.67 Å². The van der Waals surface area contributed by atoms with Crippen LogP contribution in [0.1, 0.15) is 36.8 Å². The van der Waals surface area contributed by atoms with Crippen molar-refractivity contribution in [3.8, 4) is 6.19 Å². The zero-order chi connectivity index (χ0) is 25.3. The van der Waals surface area contributed by atoms with Gasteiger partial charge in [0.1, 0.15) is 21.5 Å². The fourth-order valence-electron chi connectivity index (χ4n) is 3.73. The van der Waals surface area contributed by atoms with Crippen LogP contribution in [0, 0.1) is 23.1 Å². The van der Waals surface area contributed by atoms with Crippen LogP contribution in [0.2, 0.25) is 0 Å². The number of hydrogen-bond acceptors (Lipinski definition) is 6. The van der Waals surface area contributed by atoms with Gasteiger partial charge in [-0.15, -0.1) is 4.99 Å². The highest BCUT2D eigenvalue weighted by Crippen LogP contribution is 2.50. The van der Waals surface area contributed by atoms with Gasteiger partial charge in [0.25, 0.3) is 0 Å². The highest BCUT2D eigenvalue weighted by Gasteiger charge is 2.48. The van der Waals surface area contributed by atoms with Crippen LogP contribution in [0.15, 0.2) is 58.6 Å². The number of aliphatic imine (C=N–C) groups is 1. The Hall–Kier alpha value is -3.49. The van der Waals surface area contributed by atoms with Gasteiger partial charge >= 0.3 is 0 Å². The first-order chi connectivity index (χ1) is 16.9. The minimum absolute atomic E-state index is 0.00109. The fraction of sp³-hybridized carbons (Fsp3) is 0.333. The van der Waals surface area contributed by atoms with E-state index in [1.165, 1.54) is 16.8 Å². The average molecular weight is 500 g/mol. The second-order valence-electron chi connectivity index (χ2n) is 7.72. The molecule has 0 radical (unpaired) electrons. The van der Waals surface area contributed by atoms with Crippen molar-refractivity contribution in [2.75, 3.05) is 20.1 Å². The van der Waals surface area contributed by atoms with E-state index in [1.54, 1.807) is 13.2 Å². The van der Waals surface area contributed by atoms with Crippen LogP contribution >= 0.6 is 11.8 Å². The van der Waals surface area contributed by atoms with Crippen LogP contribution in [0.5, 0.6) is 0 Å². The number of halogens is 2. The summed E-state index contributed by atoms with van der Waals surface area (Å²) in [7, 11) is 1.65. The summed E-state index contributed by atoms with van der Waals surface area (Å²) >= 11 is 1.22. The molecule has 0 aliphatic carbocycles. The van der Waals surface area contributed by atoms with Gasteiger partial charge in [-0.05, 0) is 49.6 Å². The lowest BCUT2D eigenvalue weighted by Crippen LogP contribution is -2.42. The highest BCUT2D eigenvalue weighted by atomic mass is 32.2. The average Bonchev–Trinajstić information content (AvgIpc) is 3.27. The molecule has 0 spiro atoms. The van der Waals surface area contributed by atoms with Crippen LogP contribution in [0.3, 0.4) is 0 Å². The minimum Gasteiger partial charge on any atom is -0.359 e. The van der Waals surface area contributed by atoms with Gasteiger partial charge in [-0.3, -0.25) is 4.79 Å². The minimum atomic E-state index is -0.977. The SMILES string of the molecule is CN/C(=N/C#N)NCCCC1(c2ccccc2)SC(c2cc(F)ccc2F)=NN1C(=O)CCCN. The van der Waals surface area contributed by atoms with E-state index in [9.17, 15) is 13.6 Å². The number of benzene rings is 2. The smallest absolute Gasteiger partial charge is 0.244 e. The summed E-state index contributed by atoms with van der Waals surface area (Å²) in [4.78, 5) is 16.0. The molecule has 0 saturated heterocycles. The topological polar surface area (TPSA) is 119 Å². The van der Waals surface area contributed by atoms with E-state index >= 15 is 0 Å². The standard InChI is InChI=1S/C24H27F2N7OS/c1-29-23(31-16-28)30-14-6-12-24(17-7-3-2-4-8-17)33(21(34)9-5-13-27)32-22(35-24)19-15-18(25)10-11-20(19)26/h2-4,7-8,10-11,15H,5-6,9,12-14,27H2,1H3,(H2,29,30,31). The molecule has 4 N–H and O–H groups in total. The van der Waals surface area contributed by atoms with E-state index < -0.39 is 16.5 Å². The molecule has 1 aliphatic heterocycles. The van der Waals surface area contributed by atoms with E-state index in [2.05, 4.69) is 20.7 Å². The van der Waals surface area contributed by atoms with Gasteiger partial charge in [-0.2, -0.15) is 10.4 Å². The summed E-state index contributed by atoms with van der Waals surface area (Å²) in [5.74, 6) is -1.14. The van der Waals surface area contributed by atoms with Gasteiger partial charge in [0.05, 0.1) is 0 Å². The first-order valence-corrected chi connectivity index (χ1v) is 12.0. The number of nitrogens with two attached hydrogens (primary N) is 1. The van der Waals surface area contributed by atoms with Crippen molar-refractivity contribution in [2.45, 2.75) is 30.6 Å². The molecule has 1 unspecified atom stereocenters. The Balaban J connectivity index is 1.99. The van der Waals surface area contributed by atoms with Gasteiger partial charge in [0.15, 0.2) is 0 Å². The lowest BCUT2D eigenvalue weighted by Gasteiger charge is -2.36. The van der Waals surface area contributed by atoms with Gasteiger partial charge in [0, 0.05) is 25.6 Å². The van der Waals surface area contributed by atoms with E-state index in [-0.39, 0.29) is 22.9 Å². The Labute approximate surface area is 207 Å². The van der Waals surface area contributed by atoms with E-state index in [0.717, 1.165) is 23.8 Å². The predicted molar refractivity (Wildman–Crippen MR) is 133 cm³/mol. The van der Waals surface area contributed by atoms with E-state index in [1.807, 2.05) is 30.3 Å². The molecule has 0 bridgehead atoms. The fourth-order valence-corrected chi connectivity index (χ4v) is 5.17. The second kappa shape index (κ2) is 12.3. The molecule has 0 fully saturated rings. The second-order valence-corrected chi connectivity index (χ2v) is 8.99. The third-order valence-electron chi connectivity index (χ3n) is 5.40. The van der Waals surface area contributed by atoms with Crippen molar-refractivity contribution < 1.29 is 13.6 Å². The van der Waals surface area contributed by atoms with Crippen LogP contribution in [-0.4, -0.2) is 42.1 Å². The van der Waals surface area contributed by atoms with Crippen molar-refractivity contribution in [3.63, 3.8) is 0 Å². The molecule has 184 valence electrons. The number of thioether (sulfide) groups is 1. The number of guanidine groups is 1. The summed E-state index contributed by atoms with van der Waals surface area (Å²) in [5, 5.41) is 20.8. The molecule has 3 rings (SSSR count). The number of nitrogens with zero attached hydrogens (tertiary/aromatic N) is 4. The number of carbonyl (C=O) groups is 1. The van der Waals surface area contributed by atoms with Crippen LogP contribution < -0.4 is 16.4 Å². The van der Waals surface area contributed by atoms with Crippen molar-refractivity contribution in [2.24, 2.45) is 15.8 Å². The molecule has 11 heteroatoms. The van der Waals surface area contributed by atoms with Gasteiger partial charge in [-0.25, -0.2) is 13.8 Å². The van der Waals surface area contributed by atoms with E-state index in [0.29, 0.717) is 38.3 Å². The largest absolute Gasteiger partial charge is 0.359 e. The first kappa shape index (κ1) is 26.1. The third kappa shape index (κ3) is 6.15. The number of nitriles is 1. The molecule has 8 nitrogen and oxygen atoms in total. The molecule has 1 amide bonds. The predicted octanol–water partition coefficient (Wildman–Crippen LogP) is 3.22. The van der Waals surface area contributed by atoms with E-state index in [4.69, 9.17) is 11.0 Å². The summed E-state index contributed by atoms with van der Waals surface area (Å²) in [6.07, 6.45) is 3.37. The molecular weight excluding hydrogens is 472 g/mol. The first-order valence-electron chi connectivity index (χ1n) is 11.1. The maximum Gasteiger partial charge on any atom is 0.244 e. The molecule has 0 aromatic heterocycles. The molecule has 2 aromatic rings. The molecule has 1 aliphatic rings. The van der Waals surface area contributed by atoms with Crippen molar-refractivity contribution in [1.29, 1.82) is 5.26 Å². The molecule has 35 heavy (non-hydrogen) atoms. The van der Waals surface area contributed by atoms with Crippen LogP contribution in [0.25, 0.3) is 0 Å². The lowest BCUT2D eigenvalue weighted by molar-refractivity contribution is -0.135. The third-order valence-corrected chi connectivity index (χ3v) is 6.84. The Morgan fingerprint density at radius 3 is 2.71 bits per heavy atom. The maximum atomic E-state index is 14.7. The van der Waals surface area contributed by atoms with Gasteiger partial charge < -0.3 is 16.4 Å². The lowest BCUT2D eigenvalue weighted by atomic mass is 9.99. The van der Waals surface area contributed by atoms with Crippen molar-refractivity contribution in [3.05, 3.63) is 71.3 Å². The normalized spacial score (nSPS) is 17.6. The van der Waals surface area contributed by atoms with Gasteiger partial charge in [0.2, 0.25) is 18.1 Å². The maximum absolute atomic E-state index is 14.7. The zero-order valence-electron chi connectivity index (χ0n) is 19.3. The quantitative estimate of drug-likeness (QED) is 0.211. The number of rotatable bonds is 9. The summed E-state index contributed by atoms with van der Waals surface area (Å²) in [6, 6.07) is 12.5. The summed E-state index contributed by atoms with van der Waals surface area (Å²) in [5.41, 5.74) is 6.43. The Morgan fingerprint density at radius 1 is 1.26 bits per heavy atom. The zero-order valence-corrected chi connectivity index (χ0v) is 20.1.